The molecule has 0 bridgehead atoms. The minimum absolute atomic E-state index is 0.146. The molecule has 1 heterocycles. The van der Waals surface area contributed by atoms with Crippen LogP contribution in [-0.4, -0.2) is 11.7 Å². The zero-order valence-corrected chi connectivity index (χ0v) is 15.8. The molecule has 3 rings (SSSR count). The average Bonchev–Trinajstić information content (AvgIpc) is 2.62. The molecule has 0 unspecified atom stereocenters. The van der Waals surface area contributed by atoms with Crippen LogP contribution in [0.3, 0.4) is 0 Å². The van der Waals surface area contributed by atoms with Crippen molar-refractivity contribution >= 4 is 45.6 Å². The lowest BCUT2D eigenvalue weighted by Gasteiger charge is -2.13. The molecule has 3 aromatic rings. The average molecular weight is 427 g/mol. The first-order valence-corrected chi connectivity index (χ1v) is 8.95. The Bertz CT molecular complexity index is 1070. The SMILES string of the molecule is O=c1cc(C(F)(F)F)c2cc(NC(=S)NCCc3ccc(Cl)cc3)ccc2o1. The molecule has 0 spiro atoms. The zero-order valence-electron chi connectivity index (χ0n) is 14.3. The van der Waals surface area contributed by atoms with Gasteiger partial charge in [-0.3, -0.25) is 0 Å². The minimum Gasteiger partial charge on any atom is -0.423 e. The summed E-state index contributed by atoms with van der Waals surface area (Å²) in [6, 6.07) is 11.8. The first-order valence-electron chi connectivity index (χ1n) is 8.17. The summed E-state index contributed by atoms with van der Waals surface area (Å²) in [7, 11) is 0. The number of hydrogen-bond acceptors (Lipinski definition) is 3. The van der Waals surface area contributed by atoms with E-state index in [1.54, 1.807) is 12.1 Å². The molecule has 9 heteroatoms. The normalized spacial score (nSPS) is 11.4. The van der Waals surface area contributed by atoms with Crippen LogP contribution in [-0.2, 0) is 12.6 Å². The molecular weight excluding hydrogens is 413 g/mol. The second kappa shape index (κ2) is 8.20. The van der Waals surface area contributed by atoms with Gasteiger partial charge in [0.15, 0.2) is 5.11 Å². The van der Waals surface area contributed by atoms with Gasteiger partial charge in [0.25, 0.3) is 0 Å². The van der Waals surface area contributed by atoms with Crippen LogP contribution in [0.15, 0.2) is 57.7 Å². The van der Waals surface area contributed by atoms with E-state index in [0.29, 0.717) is 29.7 Å². The fourth-order valence-corrected chi connectivity index (χ4v) is 2.97. The Morgan fingerprint density at radius 3 is 2.50 bits per heavy atom. The van der Waals surface area contributed by atoms with Crippen molar-refractivity contribution in [3.63, 3.8) is 0 Å². The summed E-state index contributed by atoms with van der Waals surface area (Å²) in [5, 5.41) is 6.52. The lowest BCUT2D eigenvalue weighted by Crippen LogP contribution is -2.30. The number of benzene rings is 2. The fourth-order valence-electron chi connectivity index (χ4n) is 2.62. The van der Waals surface area contributed by atoms with E-state index < -0.39 is 17.4 Å². The zero-order chi connectivity index (χ0) is 20.3. The van der Waals surface area contributed by atoms with Crippen molar-refractivity contribution < 1.29 is 17.6 Å². The third kappa shape index (κ3) is 5.02. The van der Waals surface area contributed by atoms with E-state index in [2.05, 4.69) is 10.6 Å². The van der Waals surface area contributed by atoms with Gasteiger partial charge in [0.2, 0.25) is 0 Å². The molecule has 2 aromatic carbocycles. The number of halogens is 4. The van der Waals surface area contributed by atoms with Crippen LogP contribution in [0, 0.1) is 0 Å². The lowest BCUT2D eigenvalue weighted by atomic mass is 10.1. The van der Waals surface area contributed by atoms with E-state index >= 15 is 0 Å². The molecule has 0 atom stereocenters. The highest BCUT2D eigenvalue weighted by Gasteiger charge is 2.33. The molecule has 0 saturated carbocycles. The van der Waals surface area contributed by atoms with E-state index in [9.17, 15) is 18.0 Å². The van der Waals surface area contributed by atoms with E-state index in [1.165, 1.54) is 18.2 Å². The van der Waals surface area contributed by atoms with E-state index in [1.807, 2.05) is 12.1 Å². The molecule has 0 saturated heterocycles. The predicted octanol–water partition coefficient (Wildman–Crippen LogP) is 4.99. The fraction of sp³-hybridized carbons (Fsp3) is 0.158. The second-order valence-electron chi connectivity index (χ2n) is 5.95. The van der Waals surface area contributed by atoms with Crippen molar-refractivity contribution in [1.29, 1.82) is 0 Å². The van der Waals surface area contributed by atoms with Gasteiger partial charge < -0.3 is 15.1 Å². The van der Waals surface area contributed by atoms with Gasteiger partial charge in [0.1, 0.15) is 5.58 Å². The highest BCUT2D eigenvalue weighted by Crippen LogP contribution is 2.34. The summed E-state index contributed by atoms with van der Waals surface area (Å²) in [5.41, 5.74) is -0.845. The van der Waals surface area contributed by atoms with Gasteiger partial charge in [0, 0.05) is 28.7 Å². The van der Waals surface area contributed by atoms with E-state index in [0.717, 1.165) is 5.56 Å². The molecule has 28 heavy (non-hydrogen) atoms. The van der Waals surface area contributed by atoms with Crippen LogP contribution in [0.25, 0.3) is 11.0 Å². The monoisotopic (exact) mass is 426 g/mol. The smallest absolute Gasteiger partial charge is 0.417 e. The van der Waals surface area contributed by atoms with E-state index in [-0.39, 0.29) is 16.1 Å². The third-order valence-electron chi connectivity index (χ3n) is 3.92. The Kier molecular flexibility index (Phi) is 5.90. The van der Waals surface area contributed by atoms with Gasteiger partial charge in [-0.05, 0) is 54.5 Å². The molecule has 2 N–H and O–H groups in total. The largest absolute Gasteiger partial charge is 0.423 e. The maximum atomic E-state index is 13.2. The van der Waals surface area contributed by atoms with Crippen LogP contribution >= 0.6 is 23.8 Å². The summed E-state index contributed by atoms with van der Waals surface area (Å²) in [4.78, 5) is 11.3. The number of anilines is 1. The topological polar surface area (TPSA) is 54.3 Å². The van der Waals surface area contributed by atoms with Gasteiger partial charge in [0.05, 0.1) is 5.56 Å². The van der Waals surface area contributed by atoms with Crippen molar-refractivity contribution in [1.82, 2.24) is 5.32 Å². The Balaban J connectivity index is 1.69. The van der Waals surface area contributed by atoms with Gasteiger partial charge in [-0.2, -0.15) is 13.2 Å². The number of rotatable bonds is 4. The summed E-state index contributed by atoms with van der Waals surface area (Å²) in [6.45, 7) is 0.531. The number of alkyl halides is 3. The molecule has 0 aliphatic carbocycles. The highest BCUT2D eigenvalue weighted by atomic mass is 35.5. The first kappa shape index (κ1) is 20.2. The van der Waals surface area contributed by atoms with Gasteiger partial charge >= 0.3 is 11.8 Å². The summed E-state index contributed by atoms with van der Waals surface area (Å²) < 4.78 is 44.4. The standard InChI is InChI=1S/C19H14ClF3N2O2S/c20-12-3-1-11(2-4-12)7-8-24-18(28)25-13-5-6-16-14(9-13)15(19(21,22)23)10-17(26)27-16/h1-6,9-10H,7-8H2,(H2,24,25,28). The highest BCUT2D eigenvalue weighted by molar-refractivity contribution is 7.80. The quantitative estimate of drug-likeness (QED) is 0.454. The third-order valence-corrected chi connectivity index (χ3v) is 4.42. The molecule has 146 valence electrons. The first-order chi connectivity index (χ1) is 13.2. The van der Waals surface area contributed by atoms with E-state index in [4.69, 9.17) is 28.2 Å². The number of thiocarbonyl (C=S) groups is 1. The maximum Gasteiger partial charge on any atom is 0.417 e. The van der Waals surface area contributed by atoms with Gasteiger partial charge in [-0.1, -0.05) is 23.7 Å². The molecular formula is C19H14ClF3N2O2S. The number of hydrogen-bond donors (Lipinski definition) is 2. The summed E-state index contributed by atoms with van der Waals surface area (Å²) in [6.07, 6.45) is -3.98. The van der Waals surface area contributed by atoms with Crippen LogP contribution in [0.1, 0.15) is 11.1 Å². The van der Waals surface area contributed by atoms with Crippen molar-refractivity contribution in [2.75, 3.05) is 11.9 Å². The number of fused-ring (bicyclic) bond motifs is 1. The molecule has 0 aliphatic heterocycles. The molecule has 0 amide bonds. The van der Waals surface area contributed by atoms with Gasteiger partial charge in [-0.25, -0.2) is 4.79 Å². The predicted molar refractivity (Wildman–Crippen MR) is 107 cm³/mol. The van der Waals surface area contributed by atoms with Crippen LogP contribution < -0.4 is 16.3 Å². The van der Waals surface area contributed by atoms with Crippen molar-refractivity contribution in [3.05, 3.63) is 75.1 Å². The Labute approximate surface area is 168 Å². The lowest BCUT2D eigenvalue weighted by molar-refractivity contribution is -0.136. The van der Waals surface area contributed by atoms with Crippen molar-refractivity contribution in [2.45, 2.75) is 12.6 Å². The Morgan fingerprint density at radius 1 is 1.11 bits per heavy atom. The Hall–Kier alpha value is -2.58. The summed E-state index contributed by atoms with van der Waals surface area (Å²) >= 11 is 11.0. The summed E-state index contributed by atoms with van der Waals surface area (Å²) in [5.74, 6) is 0. The molecule has 0 radical (unpaired) electrons. The molecule has 0 aliphatic rings. The number of nitrogens with one attached hydrogen (secondary N) is 2. The maximum absolute atomic E-state index is 13.2. The van der Waals surface area contributed by atoms with Crippen molar-refractivity contribution in [2.24, 2.45) is 0 Å². The van der Waals surface area contributed by atoms with Crippen LogP contribution in [0.4, 0.5) is 18.9 Å². The van der Waals surface area contributed by atoms with Crippen LogP contribution in [0.2, 0.25) is 5.02 Å². The molecule has 0 fully saturated rings. The van der Waals surface area contributed by atoms with Crippen LogP contribution in [0.5, 0.6) is 0 Å². The minimum atomic E-state index is -4.68. The van der Waals surface area contributed by atoms with Gasteiger partial charge in [-0.15, -0.1) is 0 Å². The second-order valence-corrected chi connectivity index (χ2v) is 6.79. The van der Waals surface area contributed by atoms with Crippen molar-refractivity contribution in [3.8, 4) is 0 Å². The molecule has 4 nitrogen and oxygen atoms in total. The Morgan fingerprint density at radius 2 is 1.82 bits per heavy atom. The molecule has 1 aromatic heterocycles.